The van der Waals surface area contributed by atoms with Crippen molar-refractivity contribution in [1.29, 1.82) is 0 Å². The predicted molar refractivity (Wildman–Crippen MR) is 80.2 cm³/mol. The van der Waals surface area contributed by atoms with Crippen LogP contribution in [0.3, 0.4) is 0 Å². The number of thiazole rings is 1. The molecule has 0 radical (unpaired) electrons. The minimum atomic E-state index is -3.67. The number of sulfonamides is 1. The van der Waals surface area contributed by atoms with Crippen molar-refractivity contribution in [2.45, 2.75) is 11.8 Å². The van der Waals surface area contributed by atoms with Gasteiger partial charge in [0.15, 0.2) is 5.13 Å². The number of hydrogen-bond acceptors (Lipinski definition) is 6. The maximum atomic E-state index is 12.1. The molecule has 0 saturated heterocycles. The molecule has 0 saturated carbocycles. The Kier molecular flexibility index (Phi) is 3.52. The van der Waals surface area contributed by atoms with Gasteiger partial charge < -0.3 is 4.74 Å². The van der Waals surface area contributed by atoms with Crippen molar-refractivity contribution in [2.75, 3.05) is 11.3 Å². The van der Waals surface area contributed by atoms with Crippen LogP contribution in [0.2, 0.25) is 0 Å². The Morgan fingerprint density at radius 3 is 3.00 bits per heavy atom. The van der Waals surface area contributed by atoms with Crippen LogP contribution in [0.1, 0.15) is 6.92 Å². The predicted octanol–water partition coefficient (Wildman–Crippen LogP) is 2.22. The van der Waals surface area contributed by atoms with Gasteiger partial charge >= 0.3 is 0 Å². The Balaban J connectivity index is 1.91. The summed E-state index contributed by atoms with van der Waals surface area (Å²) in [6, 6.07) is 5.44. The number of benzene rings is 1. The molecule has 3 aromatic rings. The van der Waals surface area contributed by atoms with E-state index in [1.54, 1.807) is 12.1 Å². The zero-order chi connectivity index (χ0) is 14.9. The number of nitrogens with zero attached hydrogens (tertiary/aromatic N) is 2. The molecule has 0 fully saturated rings. The van der Waals surface area contributed by atoms with Gasteiger partial charge in [-0.3, -0.25) is 9.82 Å². The summed E-state index contributed by atoms with van der Waals surface area (Å²) in [5, 5.41) is 6.40. The van der Waals surface area contributed by atoms with E-state index in [2.05, 4.69) is 19.9 Å². The normalized spacial score (nSPS) is 11.7. The Morgan fingerprint density at radius 1 is 1.43 bits per heavy atom. The van der Waals surface area contributed by atoms with Gasteiger partial charge in [-0.05, 0) is 25.1 Å². The number of ether oxygens (including phenoxy) is 1. The van der Waals surface area contributed by atoms with E-state index >= 15 is 0 Å². The average molecular weight is 324 g/mol. The Labute approximate surface area is 125 Å². The van der Waals surface area contributed by atoms with Gasteiger partial charge in [0.1, 0.15) is 10.6 Å². The molecule has 0 aliphatic rings. The molecule has 21 heavy (non-hydrogen) atoms. The summed E-state index contributed by atoms with van der Waals surface area (Å²) in [7, 11) is -3.67. The van der Waals surface area contributed by atoms with E-state index < -0.39 is 10.0 Å². The van der Waals surface area contributed by atoms with Crippen LogP contribution in [0.15, 0.2) is 35.5 Å². The van der Waals surface area contributed by atoms with Crippen molar-refractivity contribution < 1.29 is 13.2 Å². The molecule has 0 aliphatic heterocycles. The third-order valence-electron chi connectivity index (χ3n) is 2.68. The van der Waals surface area contributed by atoms with Crippen LogP contribution in [0.5, 0.6) is 5.75 Å². The van der Waals surface area contributed by atoms with Gasteiger partial charge in [-0.15, -0.1) is 0 Å². The fourth-order valence-electron chi connectivity index (χ4n) is 1.76. The van der Waals surface area contributed by atoms with Crippen LogP contribution < -0.4 is 9.46 Å². The third kappa shape index (κ3) is 2.83. The molecule has 0 spiro atoms. The van der Waals surface area contributed by atoms with Gasteiger partial charge in [-0.25, -0.2) is 13.4 Å². The maximum absolute atomic E-state index is 12.1. The van der Waals surface area contributed by atoms with E-state index in [1.807, 2.05) is 13.0 Å². The zero-order valence-corrected chi connectivity index (χ0v) is 12.7. The van der Waals surface area contributed by atoms with Gasteiger partial charge in [-0.1, -0.05) is 11.3 Å². The molecule has 0 amide bonds. The van der Waals surface area contributed by atoms with Gasteiger partial charge in [-0.2, -0.15) is 5.10 Å². The highest BCUT2D eigenvalue weighted by molar-refractivity contribution is 7.93. The highest BCUT2D eigenvalue weighted by Crippen LogP contribution is 2.30. The fourth-order valence-corrected chi connectivity index (χ4v) is 3.80. The molecule has 0 bridgehead atoms. The Hall–Kier alpha value is -2.13. The number of nitrogens with one attached hydrogen (secondary N) is 2. The molecule has 2 N–H and O–H groups in total. The van der Waals surface area contributed by atoms with Crippen LogP contribution in [0.25, 0.3) is 10.2 Å². The second-order valence-electron chi connectivity index (χ2n) is 4.12. The second-order valence-corrected chi connectivity index (χ2v) is 6.83. The van der Waals surface area contributed by atoms with Crippen LogP contribution in [0.4, 0.5) is 5.13 Å². The summed E-state index contributed by atoms with van der Waals surface area (Å²) in [4.78, 5) is 4.32. The first-order valence-corrected chi connectivity index (χ1v) is 8.43. The molecule has 0 aliphatic carbocycles. The molecule has 1 aromatic carbocycles. The SMILES string of the molecule is CCOc1ccc2nc(NS(=O)(=O)c3cn[nH]c3)sc2c1. The summed E-state index contributed by atoms with van der Waals surface area (Å²) in [5.74, 6) is 0.734. The van der Waals surface area contributed by atoms with E-state index in [0.29, 0.717) is 17.3 Å². The topological polar surface area (TPSA) is 97.0 Å². The molecule has 2 heterocycles. The van der Waals surface area contributed by atoms with Gasteiger partial charge in [0.2, 0.25) is 0 Å². The van der Waals surface area contributed by atoms with E-state index in [9.17, 15) is 8.42 Å². The van der Waals surface area contributed by atoms with E-state index in [4.69, 9.17) is 4.74 Å². The first-order chi connectivity index (χ1) is 10.1. The number of fused-ring (bicyclic) bond motifs is 1. The van der Waals surface area contributed by atoms with Gasteiger partial charge in [0.25, 0.3) is 10.0 Å². The van der Waals surface area contributed by atoms with E-state index in [1.165, 1.54) is 23.7 Å². The molecule has 7 nitrogen and oxygen atoms in total. The number of H-pyrrole nitrogens is 1. The minimum absolute atomic E-state index is 0.0664. The monoisotopic (exact) mass is 324 g/mol. The molecular formula is C12H12N4O3S2. The second kappa shape index (κ2) is 5.34. The van der Waals surface area contributed by atoms with Gasteiger partial charge in [0.05, 0.1) is 23.0 Å². The van der Waals surface area contributed by atoms with Crippen molar-refractivity contribution in [2.24, 2.45) is 0 Å². The molecule has 0 atom stereocenters. The Morgan fingerprint density at radius 2 is 2.29 bits per heavy atom. The molecular weight excluding hydrogens is 312 g/mol. The minimum Gasteiger partial charge on any atom is -0.494 e. The van der Waals surface area contributed by atoms with Crippen molar-refractivity contribution in [3.8, 4) is 5.75 Å². The fraction of sp³-hybridized carbons (Fsp3) is 0.167. The van der Waals surface area contributed by atoms with Crippen molar-refractivity contribution in [1.82, 2.24) is 15.2 Å². The lowest BCUT2D eigenvalue weighted by atomic mass is 10.3. The van der Waals surface area contributed by atoms with Crippen molar-refractivity contribution in [3.63, 3.8) is 0 Å². The summed E-state index contributed by atoms with van der Waals surface area (Å²) >= 11 is 1.25. The number of hydrogen-bond donors (Lipinski definition) is 2. The maximum Gasteiger partial charge on any atom is 0.266 e. The summed E-state index contributed by atoms with van der Waals surface area (Å²) in [6.45, 7) is 2.48. The lowest BCUT2D eigenvalue weighted by molar-refractivity contribution is 0.341. The molecule has 110 valence electrons. The summed E-state index contributed by atoms with van der Waals surface area (Å²) in [6.07, 6.45) is 2.55. The summed E-state index contributed by atoms with van der Waals surface area (Å²) in [5.41, 5.74) is 0.716. The zero-order valence-electron chi connectivity index (χ0n) is 11.0. The smallest absolute Gasteiger partial charge is 0.266 e. The number of aromatic amines is 1. The lowest BCUT2D eigenvalue weighted by Crippen LogP contribution is -2.11. The first-order valence-electron chi connectivity index (χ1n) is 6.13. The van der Waals surface area contributed by atoms with Gasteiger partial charge in [0, 0.05) is 6.20 Å². The molecule has 3 rings (SSSR count). The number of rotatable bonds is 5. The van der Waals surface area contributed by atoms with E-state index in [0.717, 1.165) is 10.4 Å². The summed E-state index contributed by atoms with van der Waals surface area (Å²) < 4.78 is 32.9. The standard InChI is InChI=1S/C12H12N4O3S2/c1-2-19-8-3-4-10-11(5-8)20-12(15-10)16-21(17,18)9-6-13-14-7-9/h3-7H,2H2,1H3,(H,13,14)(H,15,16). The Bertz CT molecular complexity index is 856. The van der Waals surface area contributed by atoms with Crippen LogP contribution in [-0.4, -0.2) is 30.2 Å². The van der Waals surface area contributed by atoms with Crippen LogP contribution in [-0.2, 0) is 10.0 Å². The average Bonchev–Trinajstić information content (AvgIpc) is 3.06. The lowest BCUT2D eigenvalue weighted by Gasteiger charge is -2.00. The first kappa shape index (κ1) is 13.8. The van der Waals surface area contributed by atoms with Crippen molar-refractivity contribution in [3.05, 3.63) is 30.6 Å². The number of anilines is 1. The highest BCUT2D eigenvalue weighted by atomic mass is 32.2. The third-order valence-corrected chi connectivity index (χ3v) is 5.04. The highest BCUT2D eigenvalue weighted by Gasteiger charge is 2.17. The molecule has 2 aromatic heterocycles. The number of aromatic nitrogens is 3. The quantitative estimate of drug-likeness (QED) is 0.750. The van der Waals surface area contributed by atoms with E-state index in [-0.39, 0.29) is 4.90 Å². The van der Waals surface area contributed by atoms with Crippen LogP contribution in [0, 0.1) is 0 Å². The van der Waals surface area contributed by atoms with Crippen LogP contribution >= 0.6 is 11.3 Å². The largest absolute Gasteiger partial charge is 0.494 e. The molecule has 9 heteroatoms. The van der Waals surface area contributed by atoms with Crippen molar-refractivity contribution >= 4 is 36.7 Å². The molecule has 0 unspecified atom stereocenters.